The number of ether oxygens (including phenoxy) is 1. The Kier molecular flexibility index (Phi) is 4.51. The molecule has 1 amide bonds. The molecule has 0 radical (unpaired) electrons. The Hall–Kier alpha value is -2.04. The Labute approximate surface area is 99.4 Å². The standard InChI is InChI=1S/C12H15NO4/c1-8(2)17-12(16)13-10(11(14)15)9-6-4-3-5-7-9/h3-8,10H,1-2H3,(H,13,16)(H,14,15)/t10-/m0/s1. The molecule has 0 saturated carbocycles. The highest BCUT2D eigenvalue weighted by Gasteiger charge is 2.22. The third-order valence-corrected chi connectivity index (χ3v) is 1.98. The molecule has 17 heavy (non-hydrogen) atoms. The third kappa shape index (κ3) is 4.14. The molecule has 5 nitrogen and oxygen atoms in total. The fourth-order valence-electron chi connectivity index (χ4n) is 1.30. The van der Waals surface area contributed by atoms with E-state index < -0.39 is 18.1 Å². The quantitative estimate of drug-likeness (QED) is 0.839. The summed E-state index contributed by atoms with van der Waals surface area (Å²) in [6.45, 7) is 3.38. The molecular formula is C12H15NO4. The minimum absolute atomic E-state index is 0.291. The normalized spacial score (nSPS) is 11.9. The molecule has 92 valence electrons. The van der Waals surface area contributed by atoms with Gasteiger partial charge in [-0.2, -0.15) is 0 Å². The van der Waals surface area contributed by atoms with Gasteiger partial charge in [0.2, 0.25) is 0 Å². The fraction of sp³-hybridized carbons (Fsp3) is 0.333. The SMILES string of the molecule is CC(C)OC(=O)N[C@H](C(=O)O)c1ccccc1. The minimum Gasteiger partial charge on any atom is -0.479 e. The van der Waals surface area contributed by atoms with Gasteiger partial charge in [0.05, 0.1) is 6.10 Å². The molecule has 0 aliphatic carbocycles. The Balaban J connectivity index is 2.75. The van der Waals surface area contributed by atoms with Crippen LogP contribution < -0.4 is 5.32 Å². The molecule has 0 spiro atoms. The fourth-order valence-corrected chi connectivity index (χ4v) is 1.30. The van der Waals surface area contributed by atoms with Gasteiger partial charge in [0, 0.05) is 0 Å². The largest absolute Gasteiger partial charge is 0.479 e. The maximum Gasteiger partial charge on any atom is 0.408 e. The number of alkyl carbamates (subject to hydrolysis) is 1. The van der Waals surface area contributed by atoms with Gasteiger partial charge in [-0.1, -0.05) is 30.3 Å². The zero-order chi connectivity index (χ0) is 12.8. The molecule has 0 unspecified atom stereocenters. The van der Waals surface area contributed by atoms with Crippen LogP contribution in [-0.2, 0) is 9.53 Å². The van der Waals surface area contributed by atoms with Crippen molar-refractivity contribution >= 4 is 12.1 Å². The van der Waals surface area contributed by atoms with E-state index in [1.807, 2.05) is 0 Å². The average Bonchev–Trinajstić information content (AvgIpc) is 2.25. The summed E-state index contributed by atoms with van der Waals surface area (Å²) in [6, 6.07) is 7.36. The maximum atomic E-state index is 11.3. The first kappa shape index (κ1) is 13.0. The monoisotopic (exact) mass is 237 g/mol. The highest BCUT2D eigenvalue weighted by Crippen LogP contribution is 2.12. The molecule has 1 aromatic carbocycles. The molecule has 1 rings (SSSR count). The lowest BCUT2D eigenvalue weighted by Crippen LogP contribution is -2.35. The number of carbonyl (C=O) groups is 2. The highest BCUT2D eigenvalue weighted by molar-refractivity contribution is 5.81. The number of hydrogen-bond donors (Lipinski definition) is 2. The molecule has 2 N–H and O–H groups in total. The van der Waals surface area contributed by atoms with E-state index >= 15 is 0 Å². The van der Waals surface area contributed by atoms with Crippen LogP contribution >= 0.6 is 0 Å². The van der Waals surface area contributed by atoms with Crippen LogP contribution in [0, 0.1) is 0 Å². The van der Waals surface area contributed by atoms with Crippen molar-refractivity contribution in [3.63, 3.8) is 0 Å². The molecule has 0 saturated heterocycles. The predicted molar refractivity (Wildman–Crippen MR) is 61.6 cm³/mol. The van der Waals surface area contributed by atoms with Gasteiger partial charge in [0.15, 0.2) is 6.04 Å². The molecule has 5 heteroatoms. The summed E-state index contributed by atoms with van der Waals surface area (Å²) < 4.78 is 4.84. The zero-order valence-corrected chi connectivity index (χ0v) is 9.71. The molecular weight excluding hydrogens is 222 g/mol. The number of nitrogens with one attached hydrogen (secondary N) is 1. The van der Waals surface area contributed by atoms with Crippen molar-refractivity contribution in [3.8, 4) is 0 Å². The van der Waals surface area contributed by atoms with Crippen LogP contribution in [0.25, 0.3) is 0 Å². The number of amides is 1. The zero-order valence-electron chi connectivity index (χ0n) is 9.71. The van der Waals surface area contributed by atoms with E-state index in [4.69, 9.17) is 9.84 Å². The van der Waals surface area contributed by atoms with E-state index in [0.717, 1.165) is 0 Å². The van der Waals surface area contributed by atoms with Gasteiger partial charge in [0.1, 0.15) is 0 Å². The summed E-state index contributed by atoms with van der Waals surface area (Å²) >= 11 is 0. The second kappa shape index (κ2) is 5.89. The van der Waals surface area contributed by atoms with E-state index in [9.17, 15) is 9.59 Å². The molecule has 0 fully saturated rings. The third-order valence-electron chi connectivity index (χ3n) is 1.98. The number of hydrogen-bond acceptors (Lipinski definition) is 3. The van der Waals surface area contributed by atoms with Crippen molar-refractivity contribution in [1.29, 1.82) is 0 Å². The first-order valence-electron chi connectivity index (χ1n) is 5.25. The summed E-state index contributed by atoms with van der Waals surface area (Å²) in [4.78, 5) is 22.4. The minimum atomic E-state index is -1.13. The summed E-state index contributed by atoms with van der Waals surface area (Å²) in [7, 11) is 0. The Morgan fingerprint density at radius 3 is 2.29 bits per heavy atom. The van der Waals surface area contributed by atoms with Gasteiger partial charge in [-0.25, -0.2) is 9.59 Å². The number of aliphatic carboxylic acids is 1. The second-order valence-corrected chi connectivity index (χ2v) is 3.78. The Bertz CT molecular complexity index is 389. The van der Waals surface area contributed by atoms with Crippen LogP contribution in [-0.4, -0.2) is 23.3 Å². The number of carboxylic acid groups (broad SMARTS) is 1. The van der Waals surface area contributed by atoms with Crippen LogP contribution in [0.15, 0.2) is 30.3 Å². The van der Waals surface area contributed by atoms with Crippen LogP contribution in [0.2, 0.25) is 0 Å². The van der Waals surface area contributed by atoms with Crippen LogP contribution in [0.3, 0.4) is 0 Å². The first-order chi connectivity index (χ1) is 8.00. The van der Waals surface area contributed by atoms with Crippen molar-refractivity contribution in [3.05, 3.63) is 35.9 Å². The Morgan fingerprint density at radius 1 is 1.24 bits per heavy atom. The van der Waals surface area contributed by atoms with Crippen LogP contribution in [0.4, 0.5) is 4.79 Å². The molecule has 1 atom stereocenters. The van der Waals surface area contributed by atoms with E-state index in [1.165, 1.54) is 0 Å². The van der Waals surface area contributed by atoms with Crippen molar-refractivity contribution in [2.45, 2.75) is 26.0 Å². The van der Waals surface area contributed by atoms with E-state index in [1.54, 1.807) is 44.2 Å². The van der Waals surface area contributed by atoms with E-state index in [0.29, 0.717) is 5.56 Å². The summed E-state index contributed by atoms with van der Waals surface area (Å²) in [5.74, 6) is -1.13. The Morgan fingerprint density at radius 2 is 1.82 bits per heavy atom. The number of carboxylic acids is 1. The number of benzene rings is 1. The van der Waals surface area contributed by atoms with Crippen molar-refractivity contribution in [2.75, 3.05) is 0 Å². The summed E-state index contributed by atoms with van der Waals surface area (Å²) in [5.41, 5.74) is 0.501. The molecule has 0 aliphatic rings. The summed E-state index contributed by atoms with van der Waals surface area (Å²) in [5, 5.41) is 11.3. The highest BCUT2D eigenvalue weighted by atomic mass is 16.6. The lowest BCUT2D eigenvalue weighted by atomic mass is 10.1. The van der Waals surface area contributed by atoms with Crippen molar-refractivity contribution < 1.29 is 19.4 Å². The topological polar surface area (TPSA) is 75.6 Å². The van der Waals surface area contributed by atoms with Crippen molar-refractivity contribution in [1.82, 2.24) is 5.32 Å². The van der Waals surface area contributed by atoms with Gasteiger partial charge < -0.3 is 15.2 Å². The van der Waals surface area contributed by atoms with Gasteiger partial charge in [-0.15, -0.1) is 0 Å². The van der Waals surface area contributed by atoms with Crippen LogP contribution in [0.1, 0.15) is 25.5 Å². The van der Waals surface area contributed by atoms with Crippen LogP contribution in [0.5, 0.6) is 0 Å². The van der Waals surface area contributed by atoms with E-state index in [2.05, 4.69) is 5.32 Å². The number of rotatable bonds is 4. The molecule has 1 aromatic rings. The molecule has 0 heterocycles. The lowest BCUT2D eigenvalue weighted by Gasteiger charge is -2.16. The molecule has 0 aromatic heterocycles. The first-order valence-corrected chi connectivity index (χ1v) is 5.25. The van der Waals surface area contributed by atoms with Gasteiger partial charge >= 0.3 is 12.1 Å². The number of carbonyl (C=O) groups excluding carboxylic acids is 1. The van der Waals surface area contributed by atoms with Gasteiger partial charge in [-0.3, -0.25) is 0 Å². The summed E-state index contributed by atoms with van der Waals surface area (Å²) in [6.07, 6.45) is -1.03. The van der Waals surface area contributed by atoms with E-state index in [-0.39, 0.29) is 6.10 Å². The molecule has 0 bridgehead atoms. The average molecular weight is 237 g/mol. The predicted octanol–water partition coefficient (Wildman–Crippen LogP) is 1.95. The maximum absolute atomic E-state index is 11.3. The van der Waals surface area contributed by atoms with Gasteiger partial charge in [-0.05, 0) is 19.4 Å². The molecule has 0 aliphatic heterocycles. The smallest absolute Gasteiger partial charge is 0.408 e. The second-order valence-electron chi connectivity index (χ2n) is 3.78. The lowest BCUT2D eigenvalue weighted by molar-refractivity contribution is -0.139. The van der Waals surface area contributed by atoms with Crippen molar-refractivity contribution in [2.24, 2.45) is 0 Å². The van der Waals surface area contributed by atoms with Gasteiger partial charge in [0.25, 0.3) is 0 Å².